The highest BCUT2D eigenvalue weighted by molar-refractivity contribution is 5.94. The van der Waals surface area contributed by atoms with Crippen molar-refractivity contribution < 1.29 is 9.53 Å². The second-order valence-corrected chi connectivity index (χ2v) is 9.52. The fourth-order valence-electron chi connectivity index (χ4n) is 4.58. The molecular formula is C31H37N3O2. The summed E-state index contributed by atoms with van der Waals surface area (Å²) < 4.78 is 8.48. The molecule has 0 unspecified atom stereocenters. The molecular weight excluding hydrogens is 446 g/mol. The summed E-state index contributed by atoms with van der Waals surface area (Å²) in [5, 5.41) is 3.03. The fourth-order valence-corrected chi connectivity index (χ4v) is 4.58. The van der Waals surface area contributed by atoms with Crippen molar-refractivity contribution >= 4 is 16.9 Å². The molecule has 5 heteroatoms. The molecule has 0 fully saturated rings. The SMILES string of the molecule is Cc1ccc(C(=O)NCCCCCc2nc3ccccc3n2CCCOc2c(C)cccc2C)cc1. The molecule has 0 spiro atoms. The molecule has 1 aromatic heterocycles. The third kappa shape index (κ3) is 6.54. The van der Waals surface area contributed by atoms with Crippen LogP contribution in [0.4, 0.5) is 0 Å². The summed E-state index contributed by atoms with van der Waals surface area (Å²) in [6.07, 6.45) is 4.90. The van der Waals surface area contributed by atoms with E-state index in [1.807, 2.05) is 37.3 Å². The van der Waals surface area contributed by atoms with Gasteiger partial charge in [0.2, 0.25) is 0 Å². The minimum absolute atomic E-state index is 0.0000909. The van der Waals surface area contributed by atoms with Crippen LogP contribution in [-0.4, -0.2) is 28.6 Å². The van der Waals surface area contributed by atoms with Crippen molar-refractivity contribution in [1.82, 2.24) is 14.9 Å². The van der Waals surface area contributed by atoms with Crippen molar-refractivity contribution in [2.75, 3.05) is 13.2 Å². The van der Waals surface area contributed by atoms with Crippen LogP contribution < -0.4 is 10.1 Å². The van der Waals surface area contributed by atoms with Gasteiger partial charge < -0.3 is 14.6 Å². The predicted molar refractivity (Wildman–Crippen MR) is 147 cm³/mol. The highest BCUT2D eigenvalue weighted by Crippen LogP contribution is 2.23. The van der Waals surface area contributed by atoms with E-state index < -0.39 is 0 Å². The van der Waals surface area contributed by atoms with Crippen molar-refractivity contribution in [3.05, 3.63) is 94.8 Å². The van der Waals surface area contributed by atoms with Crippen LogP contribution in [0.15, 0.2) is 66.7 Å². The topological polar surface area (TPSA) is 56.2 Å². The van der Waals surface area contributed by atoms with Gasteiger partial charge in [0.15, 0.2) is 0 Å². The van der Waals surface area contributed by atoms with Gasteiger partial charge in [0.1, 0.15) is 11.6 Å². The average Bonchev–Trinajstić information content (AvgIpc) is 3.23. The molecule has 0 aliphatic heterocycles. The molecule has 0 aliphatic rings. The normalized spacial score (nSPS) is 11.1. The first-order valence-electron chi connectivity index (χ1n) is 13.0. The molecule has 0 radical (unpaired) electrons. The Morgan fingerprint density at radius 2 is 1.61 bits per heavy atom. The number of carbonyl (C=O) groups is 1. The van der Waals surface area contributed by atoms with Gasteiger partial charge in [-0.15, -0.1) is 0 Å². The molecule has 1 amide bonds. The number of ether oxygens (including phenoxy) is 1. The largest absolute Gasteiger partial charge is 0.493 e. The van der Waals surface area contributed by atoms with Gasteiger partial charge in [-0.3, -0.25) is 4.79 Å². The van der Waals surface area contributed by atoms with Crippen molar-refractivity contribution in [3.63, 3.8) is 0 Å². The minimum atomic E-state index is -0.0000909. The number of carbonyl (C=O) groups excluding carboxylic acids is 1. The van der Waals surface area contributed by atoms with Crippen molar-refractivity contribution in [1.29, 1.82) is 0 Å². The minimum Gasteiger partial charge on any atom is -0.493 e. The summed E-state index contributed by atoms with van der Waals surface area (Å²) in [5.74, 6) is 2.13. The summed E-state index contributed by atoms with van der Waals surface area (Å²) in [5.41, 5.74) is 6.47. The summed E-state index contributed by atoms with van der Waals surface area (Å²) in [4.78, 5) is 17.2. The third-order valence-corrected chi connectivity index (χ3v) is 6.59. The number of rotatable bonds is 12. The number of hydrogen-bond donors (Lipinski definition) is 1. The zero-order valence-corrected chi connectivity index (χ0v) is 21.7. The van der Waals surface area contributed by atoms with Crippen LogP contribution in [-0.2, 0) is 13.0 Å². The van der Waals surface area contributed by atoms with Gasteiger partial charge in [0, 0.05) is 25.1 Å². The van der Waals surface area contributed by atoms with Crippen LogP contribution in [0.3, 0.4) is 0 Å². The molecule has 0 bridgehead atoms. The lowest BCUT2D eigenvalue weighted by Gasteiger charge is -2.13. The maximum Gasteiger partial charge on any atom is 0.251 e. The smallest absolute Gasteiger partial charge is 0.251 e. The molecule has 0 atom stereocenters. The summed E-state index contributed by atoms with van der Waals surface area (Å²) in [6, 6.07) is 22.3. The summed E-state index contributed by atoms with van der Waals surface area (Å²) in [7, 11) is 0. The first-order chi connectivity index (χ1) is 17.5. The first kappa shape index (κ1) is 25.5. The van der Waals surface area contributed by atoms with E-state index in [1.54, 1.807) is 0 Å². The number of fused-ring (bicyclic) bond motifs is 1. The first-order valence-corrected chi connectivity index (χ1v) is 13.0. The van der Waals surface area contributed by atoms with Crippen molar-refractivity contribution in [2.24, 2.45) is 0 Å². The summed E-state index contributed by atoms with van der Waals surface area (Å²) >= 11 is 0. The van der Waals surface area contributed by atoms with Gasteiger partial charge >= 0.3 is 0 Å². The average molecular weight is 484 g/mol. The molecule has 4 rings (SSSR count). The summed E-state index contributed by atoms with van der Waals surface area (Å²) in [6.45, 7) is 8.47. The molecule has 4 aromatic rings. The van der Waals surface area contributed by atoms with Gasteiger partial charge in [-0.05, 0) is 75.4 Å². The lowest BCUT2D eigenvalue weighted by Crippen LogP contribution is -2.24. The maximum atomic E-state index is 12.3. The van der Waals surface area contributed by atoms with E-state index in [2.05, 4.69) is 60.1 Å². The number of nitrogens with zero attached hydrogens (tertiary/aromatic N) is 2. The number of aromatic nitrogens is 2. The quantitative estimate of drug-likeness (QED) is 0.232. The number of benzene rings is 3. The van der Waals surface area contributed by atoms with Crippen molar-refractivity contribution in [3.8, 4) is 5.75 Å². The van der Waals surface area contributed by atoms with Gasteiger partial charge in [-0.2, -0.15) is 0 Å². The monoisotopic (exact) mass is 483 g/mol. The molecule has 1 N–H and O–H groups in total. The molecule has 1 heterocycles. The molecule has 0 saturated heterocycles. The predicted octanol–water partition coefficient (Wildman–Crippen LogP) is 6.57. The van der Waals surface area contributed by atoms with E-state index in [0.717, 1.165) is 66.9 Å². The zero-order chi connectivity index (χ0) is 25.3. The number of imidazole rings is 1. The Morgan fingerprint density at radius 1 is 0.861 bits per heavy atom. The van der Waals surface area contributed by atoms with Gasteiger partial charge in [0.25, 0.3) is 5.91 Å². The van der Waals surface area contributed by atoms with Crippen LogP contribution in [0.2, 0.25) is 0 Å². The highest BCUT2D eigenvalue weighted by Gasteiger charge is 2.11. The number of amides is 1. The Balaban J connectivity index is 1.26. The van der Waals surface area contributed by atoms with E-state index in [0.29, 0.717) is 13.2 Å². The number of nitrogens with one attached hydrogen (secondary N) is 1. The molecule has 3 aromatic carbocycles. The lowest BCUT2D eigenvalue weighted by atomic mass is 10.1. The molecule has 36 heavy (non-hydrogen) atoms. The molecule has 188 valence electrons. The number of unbranched alkanes of at least 4 members (excludes halogenated alkanes) is 2. The fraction of sp³-hybridized carbons (Fsp3) is 0.355. The van der Waals surface area contributed by atoms with E-state index in [-0.39, 0.29) is 5.91 Å². The van der Waals surface area contributed by atoms with Crippen LogP contribution >= 0.6 is 0 Å². The Bertz CT molecular complexity index is 1270. The maximum absolute atomic E-state index is 12.3. The Hall–Kier alpha value is -3.60. The number of aryl methyl sites for hydroxylation is 5. The van der Waals surface area contributed by atoms with E-state index in [9.17, 15) is 4.79 Å². The zero-order valence-electron chi connectivity index (χ0n) is 21.7. The third-order valence-electron chi connectivity index (χ3n) is 6.59. The second kappa shape index (κ2) is 12.4. The Morgan fingerprint density at radius 3 is 2.39 bits per heavy atom. The van der Waals surface area contributed by atoms with E-state index >= 15 is 0 Å². The van der Waals surface area contributed by atoms with Crippen LogP contribution in [0.1, 0.15) is 58.6 Å². The van der Waals surface area contributed by atoms with E-state index in [1.165, 1.54) is 16.6 Å². The highest BCUT2D eigenvalue weighted by atomic mass is 16.5. The second-order valence-electron chi connectivity index (χ2n) is 9.52. The van der Waals surface area contributed by atoms with E-state index in [4.69, 9.17) is 9.72 Å². The van der Waals surface area contributed by atoms with Crippen LogP contribution in [0, 0.1) is 20.8 Å². The lowest BCUT2D eigenvalue weighted by molar-refractivity contribution is 0.0953. The standard InChI is InChI=1S/C31H37N3O2/c1-23-16-18-26(19-17-23)31(35)32-20-8-4-5-15-29-33-27-13-6-7-14-28(27)34(29)21-10-22-36-30-24(2)11-9-12-25(30)3/h6-7,9,11-14,16-19H,4-5,8,10,15,20-22H2,1-3H3,(H,32,35). The molecule has 0 aliphatic carbocycles. The molecule has 5 nitrogen and oxygen atoms in total. The Labute approximate surface area is 214 Å². The van der Waals surface area contributed by atoms with Gasteiger partial charge in [-0.25, -0.2) is 4.98 Å². The van der Waals surface area contributed by atoms with Gasteiger partial charge in [0.05, 0.1) is 17.6 Å². The van der Waals surface area contributed by atoms with Crippen molar-refractivity contribution in [2.45, 2.75) is 59.4 Å². The number of hydrogen-bond acceptors (Lipinski definition) is 3. The molecule has 0 saturated carbocycles. The number of para-hydroxylation sites is 3. The van der Waals surface area contributed by atoms with Crippen LogP contribution in [0.25, 0.3) is 11.0 Å². The Kier molecular flexibility index (Phi) is 8.77. The van der Waals surface area contributed by atoms with Gasteiger partial charge in [-0.1, -0.05) is 54.4 Å². The van der Waals surface area contributed by atoms with Crippen LogP contribution in [0.5, 0.6) is 5.75 Å².